The molecule has 0 N–H and O–H groups in total. The van der Waals surface area contributed by atoms with E-state index in [1.54, 1.807) is 19.1 Å². The number of benzene rings is 2. The van der Waals surface area contributed by atoms with Crippen LogP contribution >= 0.6 is 0 Å². The fourth-order valence-electron chi connectivity index (χ4n) is 5.37. The molecule has 0 saturated heterocycles. The third kappa shape index (κ3) is 6.38. The average molecular weight is 537 g/mol. The molecular formula is C27H28F8O2. The maximum Gasteiger partial charge on any atom is 0.400 e. The van der Waals surface area contributed by atoms with Crippen molar-refractivity contribution in [2.75, 3.05) is 0 Å². The molecule has 2 fully saturated rings. The molecule has 10 heteroatoms. The highest BCUT2D eigenvalue weighted by molar-refractivity contribution is 5.27. The Hall–Kier alpha value is -2.36. The Morgan fingerprint density at radius 2 is 1.22 bits per heavy atom. The quantitative estimate of drug-likeness (QED) is 0.260. The third-order valence-corrected chi connectivity index (χ3v) is 7.48. The second-order valence-corrected chi connectivity index (χ2v) is 10.1. The van der Waals surface area contributed by atoms with Gasteiger partial charge in [-0.15, -0.1) is 0 Å². The van der Waals surface area contributed by atoms with Crippen molar-refractivity contribution in [2.45, 2.75) is 82.5 Å². The van der Waals surface area contributed by atoms with Crippen molar-refractivity contribution in [1.29, 1.82) is 0 Å². The molecule has 0 unspecified atom stereocenters. The van der Waals surface area contributed by atoms with E-state index in [0.717, 1.165) is 5.56 Å². The molecule has 2 nitrogen and oxygen atoms in total. The van der Waals surface area contributed by atoms with Gasteiger partial charge in [0.05, 0.1) is 17.9 Å². The molecular weight excluding hydrogens is 508 g/mol. The van der Waals surface area contributed by atoms with Crippen LogP contribution in [0.3, 0.4) is 0 Å². The SMILES string of the molecule is Cc1ccc(C2CCC(C(F)(F)OC3CCC(C(F)(F)Oc4cc(F)c(F)c(F)c4)CC3)CC2)c(F)c1. The molecule has 2 aromatic rings. The summed E-state index contributed by atoms with van der Waals surface area (Å²) in [5.41, 5.74) is 1.31. The van der Waals surface area contributed by atoms with E-state index in [9.17, 15) is 35.1 Å². The van der Waals surface area contributed by atoms with Crippen LogP contribution in [0.2, 0.25) is 0 Å². The van der Waals surface area contributed by atoms with Crippen molar-refractivity contribution in [2.24, 2.45) is 11.8 Å². The first-order valence-corrected chi connectivity index (χ1v) is 12.4. The van der Waals surface area contributed by atoms with E-state index < -0.39 is 53.4 Å². The smallest absolute Gasteiger partial charge is 0.400 e. The first-order valence-electron chi connectivity index (χ1n) is 12.4. The van der Waals surface area contributed by atoms with Crippen LogP contribution in [0.4, 0.5) is 35.1 Å². The Morgan fingerprint density at radius 1 is 0.676 bits per heavy atom. The zero-order valence-electron chi connectivity index (χ0n) is 20.2. The van der Waals surface area contributed by atoms with Gasteiger partial charge >= 0.3 is 12.2 Å². The second kappa shape index (κ2) is 10.8. The minimum atomic E-state index is -3.84. The van der Waals surface area contributed by atoms with Crippen LogP contribution in [0.15, 0.2) is 30.3 Å². The van der Waals surface area contributed by atoms with Crippen molar-refractivity contribution >= 4 is 0 Å². The largest absolute Gasteiger partial charge is 0.432 e. The molecule has 0 atom stereocenters. The summed E-state index contributed by atoms with van der Waals surface area (Å²) in [5.74, 6) is -8.92. The Morgan fingerprint density at radius 3 is 1.78 bits per heavy atom. The Bertz CT molecular complexity index is 1070. The summed E-state index contributed by atoms with van der Waals surface area (Å²) in [5, 5.41) is 0. The molecule has 37 heavy (non-hydrogen) atoms. The van der Waals surface area contributed by atoms with Crippen LogP contribution in [-0.4, -0.2) is 18.3 Å². The summed E-state index contributed by atoms with van der Waals surface area (Å²) in [4.78, 5) is 0. The highest BCUT2D eigenvalue weighted by Crippen LogP contribution is 2.46. The standard InChI is InChI=1S/C27H28F8O2/c1-15-2-11-21(22(28)12-15)16-3-5-17(6-4-16)26(32,33)36-19-9-7-18(8-10-19)27(34,35)37-20-13-23(29)25(31)24(30)14-20/h2,11-14,16-19H,3-10H2,1H3. The van der Waals surface area contributed by atoms with Gasteiger partial charge in [0, 0.05) is 12.1 Å². The summed E-state index contributed by atoms with van der Waals surface area (Å²) in [6, 6.07) is 5.57. The van der Waals surface area contributed by atoms with Gasteiger partial charge in [-0.25, -0.2) is 17.6 Å². The van der Waals surface area contributed by atoms with Crippen molar-refractivity contribution in [3.05, 3.63) is 64.7 Å². The predicted molar refractivity (Wildman–Crippen MR) is 120 cm³/mol. The lowest BCUT2D eigenvalue weighted by Gasteiger charge is -2.38. The van der Waals surface area contributed by atoms with E-state index in [1.165, 1.54) is 6.07 Å². The highest BCUT2D eigenvalue weighted by atomic mass is 19.3. The minimum Gasteiger partial charge on any atom is -0.432 e. The van der Waals surface area contributed by atoms with E-state index in [2.05, 4.69) is 4.74 Å². The topological polar surface area (TPSA) is 18.5 Å². The van der Waals surface area contributed by atoms with Crippen LogP contribution in [0, 0.1) is 42.0 Å². The summed E-state index contributed by atoms with van der Waals surface area (Å²) in [6.07, 6.45) is -7.70. The number of hydrogen-bond donors (Lipinski definition) is 0. The van der Waals surface area contributed by atoms with Gasteiger partial charge < -0.3 is 9.47 Å². The average Bonchev–Trinajstić information content (AvgIpc) is 2.82. The monoisotopic (exact) mass is 536 g/mol. The van der Waals surface area contributed by atoms with Crippen LogP contribution in [0.25, 0.3) is 0 Å². The maximum atomic E-state index is 14.9. The van der Waals surface area contributed by atoms with Gasteiger partial charge in [0.1, 0.15) is 11.6 Å². The van der Waals surface area contributed by atoms with E-state index in [0.29, 0.717) is 30.5 Å². The third-order valence-electron chi connectivity index (χ3n) is 7.48. The Labute approximate surface area is 210 Å². The van der Waals surface area contributed by atoms with Crippen molar-refractivity contribution in [1.82, 2.24) is 0 Å². The summed E-state index contributed by atoms with van der Waals surface area (Å²) < 4.78 is 122. The lowest BCUT2D eigenvalue weighted by molar-refractivity contribution is -0.305. The van der Waals surface area contributed by atoms with E-state index in [1.807, 2.05) is 0 Å². The predicted octanol–water partition coefficient (Wildman–Crippen LogP) is 8.67. The molecule has 0 spiro atoms. The van der Waals surface area contributed by atoms with E-state index in [4.69, 9.17) is 4.74 Å². The molecule has 2 aliphatic rings. The van der Waals surface area contributed by atoms with Crippen LogP contribution < -0.4 is 4.74 Å². The molecule has 2 aromatic carbocycles. The Balaban J connectivity index is 1.28. The molecule has 0 bridgehead atoms. The Kier molecular flexibility index (Phi) is 8.07. The van der Waals surface area contributed by atoms with Gasteiger partial charge in [-0.1, -0.05) is 12.1 Å². The number of aryl methyl sites for hydroxylation is 1. The molecule has 2 saturated carbocycles. The number of halogens is 8. The molecule has 0 radical (unpaired) electrons. The lowest BCUT2D eigenvalue weighted by atomic mass is 9.78. The number of alkyl halides is 4. The zero-order chi connectivity index (χ0) is 27.0. The van der Waals surface area contributed by atoms with E-state index >= 15 is 0 Å². The van der Waals surface area contributed by atoms with Crippen molar-refractivity contribution in [3.8, 4) is 5.75 Å². The molecule has 204 valence electrons. The minimum absolute atomic E-state index is 0.0741. The first kappa shape index (κ1) is 27.7. The molecule has 0 aromatic heterocycles. The van der Waals surface area contributed by atoms with Gasteiger partial charge in [-0.05, 0) is 81.4 Å². The summed E-state index contributed by atoms with van der Waals surface area (Å²) >= 11 is 0. The second-order valence-electron chi connectivity index (χ2n) is 10.1. The molecule has 4 rings (SSSR count). The molecule has 0 amide bonds. The van der Waals surface area contributed by atoms with E-state index in [-0.39, 0.29) is 50.3 Å². The van der Waals surface area contributed by atoms with Crippen LogP contribution in [0.1, 0.15) is 68.4 Å². The van der Waals surface area contributed by atoms with Gasteiger partial charge in [0.2, 0.25) is 0 Å². The fraction of sp³-hybridized carbons (Fsp3) is 0.556. The van der Waals surface area contributed by atoms with Gasteiger partial charge in [-0.2, -0.15) is 17.6 Å². The maximum absolute atomic E-state index is 14.9. The highest BCUT2D eigenvalue weighted by Gasteiger charge is 2.48. The number of ether oxygens (including phenoxy) is 2. The van der Waals surface area contributed by atoms with Crippen LogP contribution in [-0.2, 0) is 4.74 Å². The number of rotatable bonds is 7. The molecule has 0 aliphatic heterocycles. The zero-order valence-corrected chi connectivity index (χ0v) is 20.2. The first-order chi connectivity index (χ1) is 17.4. The number of hydrogen-bond acceptors (Lipinski definition) is 2. The van der Waals surface area contributed by atoms with Gasteiger partial charge in [-0.3, -0.25) is 0 Å². The van der Waals surface area contributed by atoms with Gasteiger partial charge in [0.25, 0.3) is 0 Å². The normalized spacial score (nSPS) is 25.2. The molecule has 2 aliphatic carbocycles. The summed E-state index contributed by atoms with van der Waals surface area (Å²) in [6.45, 7) is 1.77. The van der Waals surface area contributed by atoms with Crippen LogP contribution in [0.5, 0.6) is 5.75 Å². The van der Waals surface area contributed by atoms with Gasteiger partial charge in [0.15, 0.2) is 17.5 Å². The fourth-order valence-corrected chi connectivity index (χ4v) is 5.37. The van der Waals surface area contributed by atoms with Crippen molar-refractivity contribution in [3.63, 3.8) is 0 Å². The summed E-state index contributed by atoms with van der Waals surface area (Å²) in [7, 11) is 0. The molecule has 0 heterocycles. The van der Waals surface area contributed by atoms with Crippen molar-refractivity contribution < 1.29 is 44.6 Å². The lowest BCUT2D eigenvalue weighted by Crippen LogP contribution is -2.42.